The van der Waals surface area contributed by atoms with Gasteiger partial charge in [0.05, 0.1) is 17.8 Å². The molecule has 0 spiro atoms. The molecular formula is C43H54N8O8S2. The molecule has 61 heavy (non-hydrogen) atoms. The SMILES string of the molecule is CCn1c(O[C@@H]2C[C@H]3C(=O)N[C@]4(C(=O)NS(=O)(=O)N(C)C)C[C@H]4/C=C\CCCCC[C@H](NC(=O)OC(C)(C)C)C(=O)N3C2)nc2c(-c3nc(-c4ccccc4)cs3)cccc21. The molecule has 1 aliphatic carbocycles. The highest BCUT2D eigenvalue weighted by molar-refractivity contribution is 7.87. The zero-order chi connectivity index (χ0) is 43.7. The van der Waals surface area contributed by atoms with Gasteiger partial charge in [-0.05, 0) is 65.5 Å². The first-order valence-corrected chi connectivity index (χ1v) is 23.0. The van der Waals surface area contributed by atoms with Gasteiger partial charge in [-0.3, -0.25) is 19.0 Å². The highest BCUT2D eigenvalue weighted by Gasteiger charge is 2.62. The van der Waals surface area contributed by atoms with Gasteiger partial charge in [-0.2, -0.15) is 17.7 Å². The Balaban J connectivity index is 1.21. The highest BCUT2D eigenvalue weighted by atomic mass is 32.2. The second-order valence-corrected chi connectivity index (χ2v) is 19.7. The lowest BCUT2D eigenvalue weighted by Crippen LogP contribution is -2.58. The van der Waals surface area contributed by atoms with Crippen molar-refractivity contribution in [3.8, 4) is 27.8 Å². The maximum atomic E-state index is 14.7. The minimum atomic E-state index is -4.18. The molecule has 5 atom stereocenters. The molecular weight excluding hydrogens is 821 g/mol. The Kier molecular flexibility index (Phi) is 12.6. The van der Waals surface area contributed by atoms with Crippen LogP contribution in [0.1, 0.15) is 72.6 Å². The Bertz CT molecular complexity index is 2430. The number of alkyl carbamates (subject to hydrolysis) is 1. The van der Waals surface area contributed by atoms with Crippen LogP contribution >= 0.6 is 11.3 Å². The zero-order valence-corrected chi connectivity index (χ0v) is 37.0. The van der Waals surface area contributed by atoms with Crippen LogP contribution in [0.2, 0.25) is 0 Å². The van der Waals surface area contributed by atoms with E-state index in [4.69, 9.17) is 19.4 Å². The van der Waals surface area contributed by atoms with E-state index in [0.29, 0.717) is 37.3 Å². The van der Waals surface area contributed by atoms with Crippen LogP contribution in [0.5, 0.6) is 6.01 Å². The Morgan fingerprint density at radius 2 is 1.82 bits per heavy atom. The number of benzene rings is 2. The molecule has 3 aliphatic rings. The second kappa shape index (κ2) is 17.6. The van der Waals surface area contributed by atoms with Gasteiger partial charge in [0.15, 0.2) is 0 Å². The van der Waals surface area contributed by atoms with E-state index in [1.807, 2.05) is 77.6 Å². The number of carbonyl (C=O) groups excluding carboxylic acids is 4. The lowest BCUT2D eigenvalue weighted by Gasteiger charge is -2.30. The summed E-state index contributed by atoms with van der Waals surface area (Å²) in [4.78, 5) is 67.4. The van der Waals surface area contributed by atoms with E-state index in [9.17, 15) is 27.6 Å². The molecule has 2 aromatic carbocycles. The average molecular weight is 875 g/mol. The minimum Gasteiger partial charge on any atom is -0.459 e. The highest BCUT2D eigenvalue weighted by Crippen LogP contribution is 2.46. The fraction of sp³-hybridized carbons (Fsp3) is 0.488. The van der Waals surface area contributed by atoms with Crippen molar-refractivity contribution in [3.05, 3.63) is 66.1 Å². The fourth-order valence-electron chi connectivity index (χ4n) is 7.90. The third-order valence-electron chi connectivity index (χ3n) is 11.2. The molecule has 4 heterocycles. The van der Waals surface area contributed by atoms with Crippen LogP contribution in [-0.4, -0.2) is 106 Å². The molecule has 0 unspecified atom stereocenters. The number of para-hydroxylation sites is 1. The first kappa shape index (κ1) is 43.7. The summed E-state index contributed by atoms with van der Waals surface area (Å²) in [5, 5.41) is 8.44. The van der Waals surface area contributed by atoms with E-state index in [2.05, 4.69) is 15.4 Å². The summed E-state index contributed by atoms with van der Waals surface area (Å²) in [7, 11) is -1.59. The number of amides is 4. The van der Waals surface area contributed by atoms with Gasteiger partial charge in [-0.1, -0.05) is 61.4 Å². The van der Waals surface area contributed by atoms with Gasteiger partial charge in [0, 0.05) is 49.5 Å². The number of ether oxygens (including phenoxy) is 2. The van der Waals surface area contributed by atoms with Gasteiger partial charge in [0.25, 0.3) is 11.9 Å². The number of allylic oxidation sites excluding steroid dienone is 1. The van der Waals surface area contributed by atoms with Gasteiger partial charge in [0.1, 0.15) is 39.9 Å². The van der Waals surface area contributed by atoms with Gasteiger partial charge in [-0.15, -0.1) is 11.3 Å². The third-order valence-corrected chi connectivity index (χ3v) is 13.5. The van der Waals surface area contributed by atoms with E-state index in [1.54, 1.807) is 20.8 Å². The van der Waals surface area contributed by atoms with Crippen molar-refractivity contribution in [3.63, 3.8) is 0 Å². The number of nitrogens with one attached hydrogen (secondary N) is 3. The molecule has 2 aromatic heterocycles. The largest absolute Gasteiger partial charge is 0.459 e. The van der Waals surface area contributed by atoms with Crippen LogP contribution in [-0.2, 0) is 35.9 Å². The van der Waals surface area contributed by atoms with Gasteiger partial charge >= 0.3 is 16.3 Å². The normalized spacial score (nSPS) is 24.2. The zero-order valence-electron chi connectivity index (χ0n) is 35.3. The van der Waals surface area contributed by atoms with E-state index in [0.717, 1.165) is 44.5 Å². The molecule has 7 rings (SSSR count). The first-order valence-electron chi connectivity index (χ1n) is 20.7. The lowest BCUT2D eigenvalue weighted by atomic mass is 10.0. The molecule has 0 bridgehead atoms. The van der Waals surface area contributed by atoms with Crippen LogP contribution in [0, 0.1) is 5.92 Å². The van der Waals surface area contributed by atoms with E-state index >= 15 is 0 Å². The number of imidazole rings is 1. The van der Waals surface area contributed by atoms with E-state index in [-0.39, 0.29) is 19.4 Å². The van der Waals surface area contributed by atoms with Crippen molar-refractivity contribution < 1.29 is 37.1 Å². The predicted octanol–water partition coefficient (Wildman–Crippen LogP) is 5.41. The Morgan fingerprint density at radius 1 is 1.05 bits per heavy atom. The van der Waals surface area contributed by atoms with Crippen LogP contribution in [0.25, 0.3) is 32.9 Å². The fourth-order valence-corrected chi connectivity index (χ4v) is 9.35. The Morgan fingerprint density at radius 3 is 2.54 bits per heavy atom. The summed E-state index contributed by atoms with van der Waals surface area (Å²) in [6.07, 6.45) is 5.58. The third kappa shape index (κ3) is 9.60. The molecule has 2 aliphatic heterocycles. The van der Waals surface area contributed by atoms with Crippen molar-refractivity contribution in [1.29, 1.82) is 0 Å². The topological polar surface area (TPSA) is 194 Å². The molecule has 0 radical (unpaired) electrons. The number of thiazole rings is 1. The summed E-state index contributed by atoms with van der Waals surface area (Å²) < 4.78 is 42.7. The number of nitrogens with zero attached hydrogens (tertiary/aromatic N) is 5. The van der Waals surface area contributed by atoms with Crippen LogP contribution in [0.3, 0.4) is 0 Å². The number of rotatable bonds is 9. The predicted molar refractivity (Wildman–Crippen MR) is 232 cm³/mol. The van der Waals surface area contributed by atoms with Gasteiger partial charge < -0.3 is 25.0 Å². The number of aromatic nitrogens is 3. The minimum absolute atomic E-state index is 0.0254. The molecule has 326 valence electrons. The molecule has 16 nitrogen and oxygen atoms in total. The summed E-state index contributed by atoms with van der Waals surface area (Å²) in [6.45, 7) is 7.63. The van der Waals surface area contributed by atoms with Crippen LogP contribution in [0.4, 0.5) is 4.79 Å². The monoisotopic (exact) mass is 874 g/mol. The van der Waals surface area contributed by atoms with Crippen molar-refractivity contribution >= 4 is 56.4 Å². The number of hydrogen-bond donors (Lipinski definition) is 3. The standard InChI is InChI=1S/C43H54N8O8S2/c1-7-50-33-22-16-20-30(37-44-32(26-60-37)27-17-12-11-13-18-27)35(33)46-40(50)58-29-23-34-36(52)47-43(39(54)48-61(56,57)49(5)6)24-28(43)19-14-9-8-10-15-21-31(38(53)51(34)25-29)45-41(55)59-42(2,3)4/h11-14,16-20,22,26,28-29,31,34H,7-10,15,21,23-25H2,1-6H3,(H,45,55)(H,47,52)(H,48,54)/b19-14-/t28-,29-,31+,34+,43-/m1/s1. The Labute approximate surface area is 360 Å². The maximum absolute atomic E-state index is 14.7. The first-order chi connectivity index (χ1) is 29.0. The van der Waals surface area contributed by atoms with Gasteiger partial charge in [0.2, 0.25) is 11.8 Å². The summed E-state index contributed by atoms with van der Waals surface area (Å²) in [6, 6.07) is 13.9. The molecule has 2 fully saturated rings. The number of fused-ring (bicyclic) bond motifs is 3. The summed E-state index contributed by atoms with van der Waals surface area (Å²) in [5.41, 5.74) is 1.81. The van der Waals surface area contributed by atoms with E-state index in [1.165, 1.54) is 30.3 Å². The maximum Gasteiger partial charge on any atom is 0.408 e. The average Bonchev–Trinajstić information content (AvgIpc) is 3.55. The van der Waals surface area contributed by atoms with Crippen molar-refractivity contribution in [2.24, 2.45) is 5.92 Å². The quantitative estimate of drug-likeness (QED) is 0.183. The number of aryl methyl sites for hydroxylation is 1. The Hall–Kier alpha value is -5.33. The van der Waals surface area contributed by atoms with Crippen molar-refractivity contribution in [2.45, 2.75) is 109 Å². The van der Waals surface area contributed by atoms with Gasteiger partial charge in [-0.25, -0.2) is 14.5 Å². The molecule has 18 heteroatoms. The van der Waals surface area contributed by atoms with Crippen LogP contribution in [0.15, 0.2) is 66.1 Å². The smallest absolute Gasteiger partial charge is 0.408 e. The molecule has 4 amide bonds. The molecule has 3 N–H and O–H groups in total. The summed E-state index contributed by atoms with van der Waals surface area (Å²) >= 11 is 1.52. The number of carbonyl (C=O) groups is 4. The van der Waals surface area contributed by atoms with E-state index < -0.39 is 69.3 Å². The number of hydrogen-bond acceptors (Lipinski definition) is 11. The van der Waals surface area contributed by atoms with Crippen molar-refractivity contribution in [2.75, 3.05) is 20.6 Å². The molecule has 1 saturated carbocycles. The van der Waals surface area contributed by atoms with Crippen LogP contribution < -0.4 is 20.1 Å². The lowest BCUT2D eigenvalue weighted by molar-refractivity contribution is -0.141. The molecule has 1 saturated heterocycles. The molecule has 4 aromatic rings. The second-order valence-electron chi connectivity index (χ2n) is 17.0. The summed E-state index contributed by atoms with van der Waals surface area (Å²) in [5.74, 6) is -2.50. The van der Waals surface area contributed by atoms with Crippen molar-refractivity contribution in [1.82, 2.24) is 39.1 Å².